The van der Waals surface area contributed by atoms with E-state index in [4.69, 9.17) is 0 Å². The van der Waals surface area contributed by atoms with Crippen LogP contribution in [-0.2, 0) is 6.42 Å². The average Bonchev–Trinajstić information content (AvgIpc) is 3.25. The number of hydrogen-bond donors (Lipinski definition) is 1. The van der Waals surface area contributed by atoms with Crippen LogP contribution in [-0.4, -0.2) is 12.6 Å². The number of nitrogens with one attached hydrogen (secondary N) is 1. The monoisotopic (exact) mass is 353 g/mol. The lowest BCUT2D eigenvalue weighted by Gasteiger charge is -2.35. The summed E-state index contributed by atoms with van der Waals surface area (Å²) in [6.45, 7) is 3.47. The first-order valence-electron chi connectivity index (χ1n) is 8.29. The Balaban J connectivity index is 1.65. The Hall–Kier alpha value is -0.410. The summed E-state index contributed by atoms with van der Waals surface area (Å²) in [6, 6.07) is 6.28. The van der Waals surface area contributed by atoms with Crippen LogP contribution in [0.25, 0.3) is 0 Å². The fourth-order valence-corrected chi connectivity index (χ4v) is 3.99. The molecular formula is C18H25BrFN. The molecular weight excluding hydrogens is 329 g/mol. The number of hydrogen-bond acceptors (Lipinski definition) is 1. The summed E-state index contributed by atoms with van der Waals surface area (Å²) < 4.78 is 14.9. The van der Waals surface area contributed by atoms with Crippen molar-refractivity contribution in [2.24, 2.45) is 17.8 Å². The van der Waals surface area contributed by atoms with Gasteiger partial charge in [-0.25, -0.2) is 4.39 Å². The molecule has 3 atom stereocenters. The predicted octanol–water partition coefficient (Wildman–Crippen LogP) is 4.94. The molecule has 0 heterocycles. The van der Waals surface area contributed by atoms with Gasteiger partial charge < -0.3 is 5.32 Å². The van der Waals surface area contributed by atoms with Crippen LogP contribution in [0, 0.1) is 23.6 Å². The van der Waals surface area contributed by atoms with E-state index in [9.17, 15) is 4.39 Å². The lowest BCUT2D eigenvalue weighted by Crippen LogP contribution is -2.34. The minimum atomic E-state index is -0.0588. The van der Waals surface area contributed by atoms with Gasteiger partial charge in [0.15, 0.2) is 0 Å². The van der Waals surface area contributed by atoms with Gasteiger partial charge in [0, 0.05) is 10.5 Å². The molecule has 2 fully saturated rings. The molecule has 2 aliphatic rings. The Kier molecular flexibility index (Phi) is 5.00. The molecule has 1 N–H and O–H groups in total. The molecule has 116 valence electrons. The molecule has 1 aromatic carbocycles. The smallest absolute Gasteiger partial charge is 0.127 e. The van der Waals surface area contributed by atoms with Gasteiger partial charge in [-0.1, -0.05) is 35.3 Å². The van der Waals surface area contributed by atoms with E-state index in [2.05, 4.69) is 28.2 Å². The van der Waals surface area contributed by atoms with Crippen molar-refractivity contribution < 1.29 is 4.39 Å². The lowest BCUT2D eigenvalue weighted by atomic mass is 9.72. The van der Waals surface area contributed by atoms with Crippen LogP contribution in [0.5, 0.6) is 0 Å². The van der Waals surface area contributed by atoms with Crippen LogP contribution in [0.3, 0.4) is 0 Å². The van der Waals surface area contributed by atoms with Gasteiger partial charge in [0.25, 0.3) is 0 Å². The maximum atomic E-state index is 14.1. The van der Waals surface area contributed by atoms with E-state index in [1.165, 1.54) is 32.1 Å². The molecule has 2 aliphatic carbocycles. The molecule has 3 heteroatoms. The first kappa shape index (κ1) is 15.5. The van der Waals surface area contributed by atoms with E-state index in [0.29, 0.717) is 11.8 Å². The minimum Gasteiger partial charge on any atom is -0.314 e. The Morgan fingerprint density at radius 2 is 2.00 bits per heavy atom. The van der Waals surface area contributed by atoms with Gasteiger partial charge in [-0.3, -0.25) is 0 Å². The molecule has 0 spiro atoms. The van der Waals surface area contributed by atoms with Crippen molar-refractivity contribution in [3.05, 3.63) is 34.1 Å². The molecule has 0 aliphatic heterocycles. The lowest BCUT2D eigenvalue weighted by molar-refractivity contribution is 0.182. The van der Waals surface area contributed by atoms with Crippen molar-refractivity contribution in [2.45, 2.75) is 51.5 Å². The van der Waals surface area contributed by atoms with Crippen molar-refractivity contribution in [1.29, 1.82) is 0 Å². The third-order valence-electron chi connectivity index (χ3n) is 5.15. The first-order valence-corrected chi connectivity index (χ1v) is 9.08. The van der Waals surface area contributed by atoms with E-state index in [1.807, 2.05) is 12.1 Å². The van der Waals surface area contributed by atoms with Crippen LogP contribution >= 0.6 is 15.9 Å². The van der Waals surface area contributed by atoms with Gasteiger partial charge in [0.1, 0.15) is 5.82 Å². The van der Waals surface area contributed by atoms with Gasteiger partial charge in [-0.05, 0) is 74.1 Å². The van der Waals surface area contributed by atoms with Crippen molar-refractivity contribution >= 4 is 15.9 Å². The van der Waals surface area contributed by atoms with Crippen molar-refractivity contribution in [3.63, 3.8) is 0 Å². The van der Waals surface area contributed by atoms with Gasteiger partial charge in [0.05, 0.1) is 0 Å². The molecule has 0 amide bonds. The fraction of sp³-hybridized carbons (Fsp3) is 0.667. The maximum Gasteiger partial charge on any atom is 0.127 e. The Labute approximate surface area is 135 Å². The molecule has 3 unspecified atom stereocenters. The van der Waals surface area contributed by atoms with Crippen molar-refractivity contribution in [1.82, 2.24) is 5.32 Å². The Morgan fingerprint density at radius 3 is 2.71 bits per heavy atom. The van der Waals surface area contributed by atoms with E-state index in [1.54, 1.807) is 6.07 Å². The fourth-order valence-electron chi connectivity index (χ4n) is 3.66. The van der Waals surface area contributed by atoms with E-state index < -0.39 is 0 Å². The predicted molar refractivity (Wildman–Crippen MR) is 88.8 cm³/mol. The third-order valence-corrected chi connectivity index (χ3v) is 5.64. The molecule has 1 nitrogen and oxygen atoms in total. The van der Waals surface area contributed by atoms with Crippen LogP contribution < -0.4 is 5.32 Å². The average molecular weight is 354 g/mol. The number of rotatable bonds is 5. The van der Waals surface area contributed by atoms with Crippen LogP contribution in [0.2, 0.25) is 0 Å². The minimum absolute atomic E-state index is 0.0588. The zero-order valence-corrected chi connectivity index (χ0v) is 14.3. The number of benzene rings is 1. The van der Waals surface area contributed by atoms with Gasteiger partial charge in [-0.2, -0.15) is 0 Å². The van der Waals surface area contributed by atoms with Gasteiger partial charge >= 0.3 is 0 Å². The largest absolute Gasteiger partial charge is 0.314 e. The highest BCUT2D eigenvalue weighted by atomic mass is 79.9. The zero-order valence-electron chi connectivity index (χ0n) is 12.7. The molecule has 0 saturated heterocycles. The summed E-state index contributed by atoms with van der Waals surface area (Å²) in [7, 11) is 0. The van der Waals surface area contributed by atoms with Crippen molar-refractivity contribution in [3.8, 4) is 0 Å². The normalized spacial score (nSPS) is 29.6. The highest BCUT2D eigenvalue weighted by molar-refractivity contribution is 9.10. The summed E-state index contributed by atoms with van der Waals surface area (Å²) in [5.74, 6) is 2.06. The van der Waals surface area contributed by atoms with Crippen LogP contribution in [0.1, 0.15) is 44.6 Å². The summed E-state index contributed by atoms with van der Waals surface area (Å²) in [4.78, 5) is 0. The summed E-state index contributed by atoms with van der Waals surface area (Å²) in [5, 5.41) is 3.68. The topological polar surface area (TPSA) is 12.0 Å². The molecule has 3 rings (SSSR count). The van der Waals surface area contributed by atoms with Crippen LogP contribution in [0.4, 0.5) is 4.39 Å². The second-order valence-electron chi connectivity index (χ2n) is 7.06. The summed E-state index contributed by atoms with van der Waals surface area (Å²) >= 11 is 3.34. The maximum absolute atomic E-state index is 14.1. The van der Waals surface area contributed by atoms with Gasteiger partial charge in [0.2, 0.25) is 0 Å². The molecule has 2 saturated carbocycles. The Morgan fingerprint density at radius 1 is 1.19 bits per heavy atom. The molecule has 0 aromatic heterocycles. The highest BCUT2D eigenvalue weighted by Crippen LogP contribution is 2.36. The van der Waals surface area contributed by atoms with Gasteiger partial charge in [-0.15, -0.1) is 0 Å². The first-order chi connectivity index (χ1) is 10.1. The van der Waals surface area contributed by atoms with E-state index in [0.717, 1.165) is 35.0 Å². The Bertz CT molecular complexity index is 486. The standard InChI is InChI=1S/C18H25BrFN/c1-12-2-3-14(11-21-17-6-7-17)15(8-12)9-13-4-5-16(19)10-18(13)20/h4-5,10,12,14-15,17,21H,2-3,6-9,11H2,1H3. The SMILES string of the molecule is CC1CCC(CNC2CC2)C(Cc2ccc(Br)cc2F)C1. The molecule has 1 aromatic rings. The molecule has 0 radical (unpaired) electrons. The summed E-state index contributed by atoms with van der Waals surface area (Å²) in [6.07, 6.45) is 7.44. The second-order valence-corrected chi connectivity index (χ2v) is 7.98. The number of halogens is 2. The van der Waals surface area contributed by atoms with E-state index >= 15 is 0 Å². The molecule has 0 bridgehead atoms. The zero-order chi connectivity index (χ0) is 14.8. The van der Waals surface area contributed by atoms with E-state index in [-0.39, 0.29) is 5.82 Å². The molecule has 21 heavy (non-hydrogen) atoms. The second kappa shape index (κ2) is 6.78. The van der Waals surface area contributed by atoms with Crippen molar-refractivity contribution in [2.75, 3.05) is 6.54 Å². The van der Waals surface area contributed by atoms with Crippen LogP contribution in [0.15, 0.2) is 22.7 Å². The summed E-state index contributed by atoms with van der Waals surface area (Å²) in [5.41, 5.74) is 0.883. The quantitative estimate of drug-likeness (QED) is 0.790. The third kappa shape index (κ3) is 4.29. The highest BCUT2D eigenvalue weighted by Gasteiger charge is 2.31.